The normalized spacial score (nSPS) is 17.8. The molecule has 0 unspecified atom stereocenters. The number of aromatic nitrogens is 2. The highest BCUT2D eigenvalue weighted by atomic mass is 16.1. The van der Waals surface area contributed by atoms with Gasteiger partial charge in [-0.15, -0.1) is 0 Å². The molecule has 0 spiro atoms. The second-order valence-electron chi connectivity index (χ2n) is 6.57. The second kappa shape index (κ2) is 6.58. The molecule has 1 aromatic rings. The van der Waals surface area contributed by atoms with Crippen LogP contribution in [-0.4, -0.2) is 53.7 Å². The Labute approximate surface area is 126 Å². The van der Waals surface area contributed by atoms with Crippen molar-refractivity contribution in [3.8, 4) is 0 Å². The summed E-state index contributed by atoms with van der Waals surface area (Å²) in [6, 6.07) is 0. The lowest BCUT2D eigenvalue weighted by Gasteiger charge is -2.26. The molecule has 0 saturated carbocycles. The summed E-state index contributed by atoms with van der Waals surface area (Å²) in [5, 5.41) is 0. The van der Waals surface area contributed by atoms with Crippen molar-refractivity contribution in [2.45, 2.75) is 32.7 Å². The lowest BCUT2D eigenvalue weighted by molar-refractivity contribution is 0.302. The number of hydrogen-bond acceptors (Lipinski definition) is 5. The average Bonchev–Trinajstić information content (AvgIpc) is 2.64. The SMILES string of the molecule is CC(C)(C)n1ccnc(N2CCCN(CCN)CC2)c1=O. The fourth-order valence-electron chi connectivity index (χ4n) is 2.74. The Kier molecular flexibility index (Phi) is 5.00. The number of anilines is 1. The van der Waals surface area contributed by atoms with E-state index >= 15 is 0 Å². The zero-order valence-corrected chi connectivity index (χ0v) is 13.4. The van der Waals surface area contributed by atoms with Crippen LogP contribution in [0.15, 0.2) is 17.2 Å². The Morgan fingerprint density at radius 3 is 2.67 bits per heavy atom. The molecule has 0 aliphatic carbocycles. The molecular formula is C15H27N5O. The first kappa shape index (κ1) is 16.0. The number of hydrogen-bond donors (Lipinski definition) is 1. The third kappa shape index (κ3) is 3.83. The highest BCUT2D eigenvalue weighted by molar-refractivity contribution is 5.36. The highest BCUT2D eigenvalue weighted by Gasteiger charge is 2.21. The van der Waals surface area contributed by atoms with Crippen LogP contribution in [0.25, 0.3) is 0 Å². The first-order valence-electron chi connectivity index (χ1n) is 7.69. The molecule has 21 heavy (non-hydrogen) atoms. The molecule has 0 bridgehead atoms. The Hall–Kier alpha value is -1.40. The van der Waals surface area contributed by atoms with Crippen molar-refractivity contribution >= 4 is 5.82 Å². The van der Waals surface area contributed by atoms with Crippen LogP contribution in [0.2, 0.25) is 0 Å². The first-order valence-corrected chi connectivity index (χ1v) is 7.69. The van der Waals surface area contributed by atoms with E-state index in [1.165, 1.54) is 0 Å². The van der Waals surface area contributed by atoms with E-state index in [0.717, 1.165) is 39.1 Å². The van der Waals surface area contributed by atoms with Gasteiger partial charge in [0, 0.05) is 50.7 Å². The first-order chi connectivity index (χ1) is 9.93. The van der Waals surface area contributed by atoms with Crippen LogP contribution in [-0.2, 0) is 5.54 Å². The molecule has 0 radical (unpaired) electrons. The number of nitrogens with zero attached hydrogens (tertiary/aromatic N) is 4. The molecular weight excluding hydrogens is 266 g/mol. The van der Waals surface area contributed by atoms with E-state index in [4.69, 9.17) is 5.73 Å². The van der Waals surface area contributed by atoms with Crippen molar-refractivity contribution in [2.24, 2.45) is 5.73 Å². The van der Waals surface area contributed by atoms with Crippen LogP contribution in [0.4, 0.5) is 5.82 Å². The third-order valence-corrected chi connectivity index (χ3v) is 3.88. The zero-order valence-electron chi connectivity index (χ0n) is 13.4. The maximum Gasteiger partial charge on any atom is 0.293 e. The van der Waals surface area contributed by atoms with Crippen molar-refractivity contribution in [2.75, 3.05) is 44.2 Å². The summed E-state index contributed by atoms with van der Waals surface area (Å²) in [5.74, 6) is 0.571. The van der Waals surface area contributed by atoms with Gasteiger partial charge in [0.25, 0.3) is 5.56 Å². The van der Waals surface area contributed by atoms with Crippen LogP contribution in [0.5, 0.6) is 0 Å². The van der Waals surface area contributed by atoms with E-state index in [2.05, 4.69) is 14.8 Å². The standard InChI is InChI=1S/C15H27N5O/c1-15(2,3)20-10-6-17-13(14(20)21)19-8-4-7-18(9-5-16)11-12-19/h6,10H,4-5,7-9,11-12,16H2,1-3H3. The summed E-state index contributed by atoms with van der Waals surface area (Å²) < 4.78 is 1.76. The van der Waals surface area contributed by atoms with Gasteiger partial charge in [0.2, 0.25) is 0 Å². The van der Waals surface area contributed by atoms with Gasteiger partial charge >= 0.3 is 0 Å². The van der Waals surface area contributed by atoms with Crippen molar-refractivity contribution < 1.29 is 0 Å². The quantitative estimate of drug-likeness (QED) is 0.877. The molecule has 1 aliphatic rings. The van der Waals surface area contributed by atoms with Gasteiger partial charge in [-0.05, 0) is 33.7 Å². The molecule has 2 rings (SSSR count). The van der Waals surface area contributed by atoms with Crippen LogP contribution >= 0.6 is 0 Å². The van der Waals surface area contributed by atoms with Crippen LogP contribution in [0.1, 0.15) is 27.2 Å². The minimum Gasteiger partial charge on any atom is -0.351 e. The number of rotatable bonds is 3. The van der Waals surface area contributed by atoms with Crippen molar-refractivity contribution in [1.82, 2.24) is 14.5 Å². The summed E-state index contributed by atoms with van der Waals surface area (Å²) >= 11 is 0. The number of nitrogens with two attached hydrogens (primary N) is 1. The molecule has 0 aromatic carbocycles. The van der Waals surface area contributed by atoms with Crippen LogP contribution in [0, 0.1) is 0 Å². The van der Waals surface area contributed by atoms with Gasteiger partial charge in [-0.25, -0.2) is 4.98 Å². The Morgan fingerprint density at radius 2 is 2.00 bits per heavy atom. The third-order valence-electron chi connectivity index (χ3n) is 3.88. The lowest BCUT2D eigenvalue weighted by Crippen LogP contribution is -2.40. The highest BCUT2D eigenvalue weighted by Crippen LogP contribution is 2.14. The van der Waals surface area contributed by atoms with E-state index < -0.39 is 0 Å². The zero-order chi connectivity index (χ0) is 15.5. The predicted molar refractivity (Wildman–Crippen MR) is 85.8 cm³/mol. The molecule has 2 N–H and O–H groups in total. The molecule has 6 nitrogen and oxygen atoms in total. The van der Waals surface area contributed by atoms with Gasteiger partial charge < -0.3 is 20.1 Å². The second-order valence-corrected chi connectivity index (χ2v) is 6.57. The maximum atomic E-state index is 12.7. The van der Waals surface area contributed by atoms with Gasteiger partial charge in [0.15, 0.2) is 5.82 Å². The van der Waals surface area contributed by atoms with E-state index in [1.54, 1.807) is 17.0 Å². The van der Waals surface area contributed by atoms with Crippen molar-refractivity contribution in [1.29, 1.82) is 0 Å². The molecule has 0 atom stereocenters. The Bertz CT molecular complexity index is 520. The molecule has 0 amide bonds. The van der Waals surface area contributed by atoms with Gasteiger partial charge in [0.1, 0.15) is 0 Å². The molecule has 6 heteroatoms. The topological polar surface area (TPSA) is 67.4 Å². The molecule has 1 aromatic heterocycles. The largest absolute Gasteiger partial charge is 0.351 e. The summed E-state index contributed by atoms with van der Waals surface area (Å²) in [6.07, 6.45) is 4.53. The average molecular weight is 293 g/mol. The molecule has 1 aliphatic heterocycles. The minimum atomic E-state index is -0.230. The van der Waals surface area contributed by atoms with E-state index in [1.807, 2.05) is 20.8 Å². The summed E-state index contributed by atoms with van der Waals surface area (Å²) in [5.41, 5.74) is 5.39. The van der Waals surface area contributed by atoms with E-state index in [0.29, 0.717) is 12.4 Å². The van der Waals surface area contributed by atoms with Gasteiger partial charge in [0.05, 0.1) is 0 Å². The maximum absolute atomic E-state index is 12.7. The van der Waals surface area contributed by atoms with E-state index in [-0.39, 0.29) is 11.1 Å². The summed E-state index contributed by atoms with van der Waals surface area (Å²) in [7, 11) is 0. The van der Waals surface area contributed by atoms with Crippen LogP contribution < -0.4 is 16.2 Å². The Balaban J connectivity index is 2.21. The van der Waals surface area contributed by atoms with Crippen molar-refractivity contribution in [3.63, 3.8) is 0 Å². The minimum absolute atomic E-state index is 0.00252. The summed E-state index contributed by atoms with van der Waals surface area (Å²) in [6.45, 7) is 11.4. The fraction of sp³-hybridized carbons (Fsp3) is 0.733. The monoisotopic (exact) mass is 293 g/mol. The van der Waals surface area contributed by atoms with Gasteiger partial charge in [-0.1, -0.05) is 0 Å². The molecule has 1 fully saturated rings. The molecule has 2 heterocycles. The molecule has 1 saturated heterocycles. The van der Waals surface area contributed by atoms with Gasteiger partial charge in [-0.3, -0.25) is 4.79 Å². The van der Waals surface area contributed by atoms with E-state index in [9.17, 15) is 4.79 Å². The lowest BCUT2D eigenvalue weighted by atomic mass is 10.1. The fourth-order valence-corrected chi connectivity index (χ4v) is 2.74. The van der Waals surface area contributed by atoms with Crippen molar-refractivity contribution in [3.05, 3.63) is 22.7 Å². The smallest absolute Gasteiger partial charge is 0.293 e. The molecule has 118 valence electrons. The summed E-state index contributed by atoms with van der Waals surface area (Å²) in [4.78, 5) is 21.5. The van der Waals surface area contributed by atoms with Crippen LogP contribution in [0.3, 0.4) is 0 Å². The van der Waals surface area contributed by atoms with Gasteiger partial charge in [-0.2, -0.15) is 0 Å². The predicted octanol–water partition coefficient (Wildman–Crippen LogP) is 0.469. The Morgan fingerprint density at radius 1 is 1.24 bits per heavy atom.